The molecule has 0 aliphatic carbocycles. The predicted octanol–water partition coefficient (Wildman–Crippen LogP) is 2.62. The van der Waals surface area contributed by atoms with Gasteiger partial charge in [0.1, 0.15) is 23.1 Å². The first-order chi connectivity index (χ1) is 8.32. The second kappa shape index (κ2) is 4.35. The van der Waals surface area contributed by atoms with Crippen molar-refractivity contribution in [3.8, 4) is 5.75 Å². The summed E-state index contributed by atoms with van der Waals surface area (Å²) in [7, 11) is 0. The van der Waals surface area contributed by atoms with Gasteiger partial charge in [-0.05, 0) is 39.8 Å². The van der Waals surface area contributed by atoms with Crippen LogP contribution in [0.4, 0.5) is 0 Å². The predicted molar refractivity (Wildman–Crippen MR) is 67.9 cm³/mol. The number of hydrogen-bond donors (Lipinski definition) is 0. The van der Waals surface area contributed by atoms with E-state index in [1.165, 1.54) is 0 Å². The molecule has 1 atom stereocenters. The van der Waals surface area contributed by atoms with Crippen LogP contribution in [0, 0.1) is 0 Å². The molecular formula is C14H19NO3. The topological polar surface area (TPSA) is 48.4 Å². The van der Waals surface area contributed by atoms with Crippen LogP contribution in [0.5, 0.6) is 5.75 Å². The van der Waals surface area contributed by atoms with Crippen LogP contribution >= 0.6 is 0 Å². The molecule has 1 fully saturated rings. The molecule has 98 valence electrons. The van der Waals surface area contributed by atoms with E-state index >= 15 is 0 Å². The van der Waals surface area contributed by atoms with Crippen molar-refractivity contribution in [3.63, 3.8) is 0 Å². The minimum atomic E-state index is -0.327. The first-order valence-electron chi connectivity index (χ1n) is 6.10. The van der Waals surface area contributed by atoms with Gasteiger partial charge in [0, 0.05) is 6.42 Å². The van der Waals surface area contributed by atoms with Gasteiger partial charge in [-0.15, -0.1) is 0 Å². The van der Waals surface area contributed by atoms with E-state index in [0.29, 0.717) is 11.4 Å². The molecule has 1 saturated heterocycles. The normalized spacial score (nSPS) is 24.8. The number of aromatic nitrogens is 1. The molecule has 0 bridgehead atoms. The van der Waals surface area contributed by atoms with Gasteiger partial charge in [0.25, 0.3) is 0 Å². The summed E-state index contributed by atoms with van der Waals surface area (Å²) in [6.45, 7) is 8.18. The van der Waals surface area contributed by atoms with Crippen LogP contribution in [0.1, 0.15) is 44.6 Å². The van der Waals surface area contributed by atoms with Crippen LogP contribution in [0.2, 0.25) is 0 Å². The van der Waals surface area contributed by atoms with Crippen molar-refractivity contribution in [1.29, 1.82) is 0 Å². The van der Waals surface area contributed by atoms with E-state index in [1.807, 2.05) is 13.8 Å². The van der Waals surface area contributed by atoms with Gasteiger partial charge in [-0.3, -0.25) is 4.79 Å². The molecule has 0 radical (unpaired) electrons. The van der Waals surface area contributed by atoms with Gasteiger partial charge in [-0.1, -0.05) is 0 Å². The van der Waals surface area contributed by atoms with E-state index in [2.05, 4.69) is 18.8 Å². The molecule has 0 N–H and O–H groups in total. The van der Waals surface area contributed by atoms with E-state index in [9.17, 15) is 4.79 Å². The lowest BCUT2D eigenvalue weighted by Crippen LogP contribution is -2.36. The Labute approximate surface area is 107 Å². The SMILES string of the molecule is CC1(C)CC(Oc2ccc(C=O)nc2)C(C)(C)O1. The Morgan fingerprint density at radius 2 is 2.11 bits per heavy atom. The van der Waals surface area contributed by atoms with Crippen molar-refractivity contribution in [1.82, 2.24) is 4.98 Å². The molecule has 0 aromatic carbocycles. The highest BCUT2D eigenvalue weighted by atomic mass is 16.6. The molecule has 2 rings (SSSR count). The van der Waals surface area contributed by atoms with Crippen molar-refractivity contribution < 1.29 is 14.3 Å². The van der Waals surface area contributed by atoms with Crippen LogP contribution < -0.4 is 4.74 Å². The average molecular weight is 249 g/mol. The van der Waals surface area contributed by atoms with Crippen LogP contribution in [-0.4, -0.2) is 28.6 Å². The summed E-state index contributed by atoms with van der Waals surface area (Å²) in [5.74, 6) is 0.667. The maximum atomic E-state index is 10.5. The fourth-order valence-electron chi connectivity index (χ4n) is 2.39. The van der Waals surface area contributed by atoms with Crippen molar-refractivity contribution in [2.75, 3.05) is 0 Å². The van der Waals surface area contributed by atoms with Gasteiger partial charge in [0.05, 0.1) is 11.8 Å². The minimum Gasteiger partial charge on any atom is -0.486 e. The standard InChI is InChI=1S/C14H19NO3/c1-13(2)7-12(14(3,4)18-13)17-11-6-5-10(9-16)15-8-11/h5-6,8-9,12H,7H2,1-4H3. The Bertz CT molecular complexity index is 437. The third-order valence-electron chi connectivity index (χ3n) is 3.15. The Kier molecular flexibility index (Phi) is 3.15. The quantitative estimate of drug-likeness (QED) is 0.773. The monoisotopic (exact) mass is 249 g/mol. The summed E-state index contributed by atoms with van der Waals surface area (Å²) in [5, 5.41) is 0. The molecule has 1 aromatic rings. The van der Waals surface area contributed by atoms with E-state index in [-0.39, 0.29) is 17.3 Å². The summed E-state index contributed by atoms with van der Waals surface area (Å²) in [4.78, 5) is 14.5. The molecule has 4 nitrogen and oxygen atoms in total. The largest absolute Gasteiger partial charge is 0.486 e. The second-order valence-corrected chi connectivity index (χ2v) is 5.81. The summed E-state index contributed by atoms with van der Waals surface area (Å²) >= 11 is 0. The maximum Gasteiger partial charge on any atom is 0.168 e. The summed E-state index contributed by atoms with van der Waals surface area (Å²) < 4.78 is 11.9. The summed E-state index contributed by atoms with van der Waals surface area (Å²) in [6, 6.07) is 3.41. The van der Waals surface area contributed by atoms with Crippen LogP contribution in [0.25, 0.3) is 0 Å². The van der Waals surface area contributed by atoms with Gasteiger partial charge in [0.15, 0.2) is 6.29 Å². The third kappa shape index (κ3) is 2.70. The second-order valence-electron chi connectivity index (χ2n) is 5.81. The maximum absolute atomic E-state index is 10.5. The highest BCUT2D eigenvalue weighted by molar-refractivity contribution is 5.71. The average Bonchev–Trinajstić information content (AvgIpc) is 2.48. The van der Waals surface area contributed by atoms with Gasteiger partial charge < -0.3 is 9.47 Å². The Morgan fingerprint density at radius 1 is 1.39 bits per heavy atom. The fourth-order valence-corrected chi connectivity index (χ4v) is 2.39. The molecule has 18 heavy (non-hydrogen) atoms. The zero-order valence-electron chi connectivity index (χ0n) is 11.3. The highest BCUT2D eigenvalue weighted by Crippen LogP contribution is 2.39. The lowest BCUT2D eigenvalue weighted by Gasteiger charge is -2.27. The summed E-state index contributed by atoms with van der Waals surface area (Å²) in [5.41, 5.74) is -0.0958. The fraction of sp³-hybridized carbons (Fsp3) is 0.571. The molecule has 4 heteroatoms. The molecule has 1 aliphatic heterocycles. The first kappa shape index (κ1) is 13.0. The van der Waals surface area contributed by atoms with E-state index in [0.717, 1.165) is 12.7 Å². The number of carbonyl (C=O) groups is 1. The Morgan fingerprint density at radius 3 is 2.56 bits per heavy atom. The molecule has 2 heterocycles. The number of aldehydes is 1. The summed E-state index contributed by atoms with van der Waals surface area (Å²) in [6.07, 6.45) is 3.10. The lowest BCUT2D eigenvalue weighted by atomic mass is 9.97. The Balaban J connectivity index is 2.11. The Hall–Kier alpha value is -1.42. The smallest absolute Gasteiger partial charge is 0.168 e. The van der Waals surface area contributed by atoms with E-state index in [4.69, 9.17) is 9.47 Å². The third-order valence-corrected chi connectivity index (χ3v) is 3.15. The van der Waals surface area contributed by atoms with Crippen molar-refractivity contribution in [2.24, 2.45) is 0 Å². The van der Waals surface area contributed by atoms with Gasteiger partial charge in [-0.2, -0.15) is 0 Å². The molecule has 1 unspecified atom stereocenters. The molecule has 1 aromatic heterocycles. The van der Waals surface area contributed by atoms with E-state index < -0.39 is 0 Å². The highest BCUT2D eigenvalue weighted by Gasteiger charge is 2.47. The number of ether oxygens (including phenoxy) is 2. The number of carbonyl (C=O) groups excluding carboxylic acids is 1. The number of pyridine rings is 1. The van der Waals surface area contributed by atoms with Crippen LogP contribution in [0.3, 0.4) is 0 Å². The van der Waals surface area contributed by atoms with Crippen LogP contribution in [-0.2, 0) is 4.74 Å². The number of nitrogens with zero attached hydrogens (tertiary/aromatic N) is 1. The van der Waals surface area contributed by atoms with Gasteiger partial charge in [0.2, 0.25) is 0 Å². The minimum absolute atomic E-state index is 0.0172. The van der Waals surface area contributed by atoms with Crippen molar-refractivity contribution in [3.05, 3.63) is 24.0 Å². The van der Waals surface area contributed by atoms with Crippen molar-refractivity contribution >= 4 is 6.29 Å². The zero-order valence-corrected chi connectivity index (χ0v) is 11.3. The van der Waals surface area contributed by atoms with Crippen LogP contribution in [0.15, 0.2) is 18.3 Å². The molecule has 1 aliphatic rings. The lowest BCUT2D eigenvalue weighted by molar-refractivity contribution is -0.0846. The van der Waals surface area contributed by atoms with Crippen molar-refractivity contribution in [2.45, 2.75) is 51.4 Å². The first-order valence-corrected chi connectivity index (χ1v) is 6.10. The van der Waals surface area contributed by atoms with E-state index in [1.54, 1.807) is 18.3 Å². The van der Waals surface area contributed by atoms with Gasteiger partial charge >= 0.3 is 0 Å². The zero-order chi connectivity index (χ0) is 13.4. The van der Waals surface area contributed by atoms with Gasteiger partial charge in [-0.25, -0.2) is 4.98 Å². The molecule has 0 saturated carbocycles. The number of rotatable bonds is 3. The molecule has 0 spiro atoms. The molecule has 0 amide bonds. The molecular weight excluding hydrogens is 230 g/mol. The number of hydrogen-bond acceptors (Lipinski definition) is 4.